The molecular weight excluding hydrogens is 384 g/mol. The Morgan fingerprint density at radius 3 is 2.10 bits per heavy atom. The molecule has 0 atom stereocenters. The number of alkyl carbamates (subject to hydrolysis) is 1. The Bertz CT molecular complexity index is 789. The largest absolute Gasteiger partial charge is 0.444 e. The number of carbonyl (C=O) groups is 2. The van der Waals surface area contributed by atoms with Crippen LogP contribution in [-0.4, -0.2) is 35.9 Å². The van der Waals surface area contributed by atoms with Gasteiger partial charge in [-0.1, -0.05) is 12.1 Å². The second-order valence-electron chi connectivity index (χ2n) is 9.50. The van der Waals surface area contributed by atoms with E-state index >= 15 is 0 Å². The molecule has 8 nitrogen and oxygen atoms in total. The molecule has 0 spiro atoms. The van der Waals surface area contributed by atoms with Crippen LogP contribution in [0.2, 0.25) is 0 Å². The Kier molecular flexibility index (Phi) is 7.89. The molecule has 8 heteroatoms. The number of amides is 2. The zero-order valence-electron chi connectivity index (χ0n) is 19.6. The maximum atomic E-state index is 12.2. The van der Waals surface area contributed by atoms with E-state index in [2.05, 4.69) is 10.3 Å². The summed E-state index contributed by atoms with van der Waals surface area (Å²) >= 11 is 0. The zero-order valence-corrected chi connectivity index (χ0v) is 19.6. The highest BCUT2D eigenvalue weighted by Gasteiger charge is 2.27. The molecule has 0 fully saturated rings. The van der Waals surface area contributed by atoms with Crippen LogP contribution in [0, 0.1) is 0 Å². The molecule has 168 valence electrons. The minimum Gasteiger partial charge on any atom is -0.444 e. The van der Waals surface area contributed by atoms with E-state index in [1.807, 2.05) is 65.8 Å². The van der Waals surface area contributed by atoms with Gasteiger partial charge in [-0.15, -0.1) is 4.99 Å². The second-order valence-corrected chi connectivity index (χ2v) is 9.50. The first-order valence-corrected chi connectivity index (χ1v) is 10.0. The molecule has 0 heterocycles. The number of hydrogen-bond donors (Lipinski definition) is 2. The summed E-state index contributed by atoms with van der Waals surface area (Å²) in [5.41, 5.74) is 5.71. The summed E-state index contributed by atoms with van der Waals surface area (Å²) < 4.78 is 10.6. The Morgan fingerprint density at radius 1 is 1.03 bits per heavy atom. The molecule has 0 saturated carbocycles. The van der Waals surface area contributed by atoms with Crippen LogP contribution in [0.25, 0.3) is 0 Å². The number of nitrogens with zero attached hydrogens (tertiary/aromatic N) is 2. The number of guanidine groups is 1. The topological polar surface area (TPSA) is 106 Å². The van der Waals surface area contributed by atoms with Gasteiger partial charge in [0, 0.05) is 12.2 Å². The second kappa shape index (κ2) is 9.36. The molecule has 0 bridgehead atoms. The highest BCUT2D eigenvalue weighted by atomic mass is 16.6. The van der Waals surface area contributed by atoms with Crippen LogP contribution in [0.15, 0.2) is 29.3 Å². The van der Waals surface area contributed by atoms with Gasteiger partial charge in [-0.05, 0) is 80.0 Å². The van der Waals surface area contributed by atoms with E-state index in [-0.39, 0.29) is 5.96 Å². The summed E-state index contributed by atoms with van der Waals surface area (Å²) in [7, 11) is 0. The molecule has 0 unspecified atom stereocenters. The summed E-state index contributed by atoms with van der Waals surface area (Å²) in [6, 6.07) is 7.49. The van der Waals surface area contributed by atoms with E-state index in [0.29, 0.717) is 6.54 Å². The van der Waals surface area contributed by atoms with Crippen molar-refractivity contribution in [2.45, 2.75) is 79.1 Å². The van der Waals surface area contributed by atoms with Gasteiger partial charge in [-0.25, -0.2) is 9.59 Å². The van der Waals surface area contributed by atoms with Crippen molar-refractivity contribution in [1.82, 2.24) is 5.32 Å². The third-order valence-corrected chi connectivity index (χ3v) is 3.89. The van der Waals surface area contributed by atoms with Crippen LogP contribution in [-0.2, 0) is 15.0 Å². The summed E-state index contributed by atoms with van der Waals surface area (Å²) in [5.74, 6) is 0.0295. The van der Waals surface area contributed by atoms with Gasteiger partial charge < -0.3 is 25.4 Å². The lowest BCUT2D eigenvalue weighted by Crippen LogP contribution is -2.44. The van der Waals surface area contributed by atoms with Gasteiger partial charge in [0.2, 0.25) is 5.96 Å². The molecular formula is C22H36N4O4. The molecule has 3 N–H and O–H groups in total. The molecule has 1 aromatic rings. The van der Waals surface area contributed by atoms with E-state index in [4.69, 9.17) is 15.2 Å². The van der Waals surface area contributed by atoms with Gasteiger partial charge in [0.1, 0.15) is 11.2 Å². The lowest BCUT2D eigenvalue weighted by Gasteiger charge is -2.30. The zero-order chi connectivity index (χ0) is 23.3. The predicted octanol–water partition coefficient (Wildman–Crippen LogP) is 4.52. The van der Waals surface area contributed by atoms with E-state index in [1.165, 1.54) is 0 Å². The fourth-order valence-electron chi connectivity index (χ4n) is 2.61. The van der Waals surface area contributed by atoms with Crippen molar-refractivity contribution in [3.05, 3.63) is 29.8 Å². The molecule has 1 aromatic carbocycles. The fraction of sp³-hybridized carbons (Fsp3) is 0.591. The molecule has 0 radical (unpaired) electrons. The smallest absolute Gasteiger partial charge is 0.437 e. The minimum absolute atomic E-state index is 0.0295. The highest BCUT2D eigenvalue weighted by Crippen LogP contribution is 2.25. The highest BCUT2D eigenvalue weighted by molar-refractivity contribution is 6.00. The summed E-state index contributed by atoms with van der Waals surface area (Å²) in [6.45, 7) is 16.9. The van der Waals surface area contributed by atoms with Gasteiger partial charge >= 0.3 is 12.2 Å². The Balaban J connectivity index is 3.10. The van der Waals surface area contributed by atoms with E-state index in [9.17, 15) is 9.59 Å². The Labute approximate surface area is 179 Å². The first-order chi connectivity index (χ1) is 13.5. The van der Waals surface area contributed by atoms with Gasteiger partial charge in [0.05, 0.1) is 5.54 Å². The molecule has 30 heavy (non-hydrogen) atoms. The maximum Gasteiger partial charge on any atom is 0.437 e. The molecule has 0 aliphatic heterocycles. The van der Waals surface area contributed by atoms with E-state index in [1.54, 1.807) is 25.7 Å². The third-order valence-electron chi connectivity index (χ3n) is 3.89. The first-order valence-electron chi connectivity index (χ1n) is 10.0. The van der Waals surface area contributed by atoms with Crippen LogP contribution in [0.4, 0.5) is 15.3 Å². The van der Waals surface area contributed by atoms with Gasteiger partial charge in [-0.3, -0.25) is 0 Å². The molecule has 1 rings (SSSR count). The van der Waals surface area contributed by atoms with E-state index < -0.39 is 28.9 Å². The Hall–Kier alpha value is -2.77. The maximum absolute atomic E-state index is 12.2. The number of aliphatic imine (C=N–C) groups is 1. The van der Waals surface area contributed by atoms with Gasteiger partial charge in [-0.2, -0.15) is 0 Å². The SMILES string of the molecule is CCN(C(N)=NC(=O)OC(C)(C)C)c1cccc(C(C)(C)NC(=O)OC(C)(C)C)c1. The van der Waals surface area contributed by atoms with Crippen LogP contribution in [0.5, 0.6) is 0 Å². The molecule has 0 aromatic heterocycles. The van der Waals surface area contributed by atoms with Crippen molar-refractivity contribution in [2.24, 2.45) is 10.7 Å². The molecule has 0 aliphatic rings. The molecule has 0 saturated heterocycles. The fourth-order valence-corrected chi connectivity index (χ4v) is 2.61. The summed E-state index contributed by atoms with van der Waals surface area (Å²) in [5, 5.41) is 2.89. The van der Waals surface area contributed by atoms with Crippen LogP contribution in [0.3, 0.4) is 0 Å². The van der Waals surface area contributed by atoms with Crippen molar-refractivity contribution in [3.63, 3.8) is 0 Å². The summed E-state index contributed by atoms with van der Waals surface area (Å²) in [6.07, 6.45) is -1.25. The normalized spacial score (nSPS) is 12.9. The van der Waals surface area contributed by atoms with Crippen molar-refractivity contribution >= 4 is 23.8 Å². The van der Waals surface area contributed by atoms with Crippen LogP contribution < -0.4 is 16.0 Å². The van der Waals surface area contributed by atoms with Crippen LogP contribution in [0.1, 0.15) is 67.9 Å². The van der Waals surface area contributed by atoms with Crippen molar-refractivity contribution in [1.29, 1.82) is 0 Å². The lowest BCUT2D eigenvalue weighted by molar-refractivity contribution is 0.0469. The Morgan fingerprint density at radius 2 is 1.60 bits per heavy atom. The first kappa shape index (κ1) is 25.3. The minimum atomic E-state index is -0.749. The number of nitrogens with one attached hydrogen (secondary N) is 1. The lowest BCUT2D eigenvalue weighted by atomic mass is 9.94. The van der Waals surface area contributed by atoms with Gasteiger partial charge in [0.25, 0.3) is 0 Å². The standard InChI is InChI=1S/C22H36N4O4/c1-10-26(17(23)24-18(27)29-20(2,3)4)16-13-11-12-15(14-16)22(8,9)25-19(28)30-21(5,6)7/h11-14H,10H2,1-9H3,(H,25,28)(H2,23,24,27). The van der Waals surface area contributed by atoms with Crippen molar-refractivity contribution in [3.8, 4) is 0 Å². The predicted molar refractivity (Wildman–Crippen MR) is 120 cm³/mol. The number of rotatable bonds is 4. The number of nitrogens with two attached hydrogens (primary N) is 1. The molecule has 2 amide bonds. The monoisotopic (exact) mass is 420 g/mol. The number of ether oxygens (including phenoxy) is 2. The molecule has 0 aliphatic carbocycles. The average molecular weight is 421 g/mol. The number of anilines is 1. The number of carbonyl (C=O) groups excluding carboxylic acids is 2. The number of hydrogen-bond acceptors (Lipinski definition) is 4. The van der Waals surface area contributed by atoms with Crippen LogP contribution >= 0.6 is 0 Å². The number of benzene rings is 1. The third kappa shape index (κ3) is 8.31. The van der Waals surface area contributed by atoms with Crippen molar-refractivity contribution in [2.75, 3.05) is 11.4 Å². The quantitative estimate of drug-likeness (QED) is 0.548. The van der Waals surface area contributed by atoms with Crippen molar-refractivity contribution < 1.29 is 19.1 Å². The summed E-state index contributed by atoms with van der Waals surface area (Å²) in [4.78, 5) is 29.8. The van der Waals surface area contributed by atoms with Gasteiger partial charge in [0.15, 0.2) is 0 Å². The average Bonchev–Trinajstić information content (AvgIpc) is 2.51. The van der Waals surface area contributed by atoms with E-state index in [0.717, 1.165) is 11.3 Å².